The summed E-state index contributed by atoms with van der Waals surface area (Å²) in [4.78, 5) is 0. The second kappa shape index (κ2) is 3.23. The average molecular weight is 196 g/mol. The first kappa shape index (κ1) is 10.5. The Morgan fingerprint density at radius 1 is 1.07 bits per heavy atom. The molecule has 0 aromatic carbocycles. The SMILES string of the molecule is CC(C)(C)C1(O)CCCC(C2CC2)C1. The van der Waals surface area contributed by atoms with Gasteiger partial charge in [-0.15, -0.1) is 0 Å². The lowest BCUT2D eigenvalue weighted by Gasteiger charge is -2.46. The minimum atomic E-state index is -0.390. The third-order valence-corrected chi connectivity index (χ3v) is 4.45. The maximum Gasteiger partial charge on any atom is 0.0698 e. The summed E-state index contributed by atoms with van der Waals surface area (Å²) in [5.74, 6) is 1.79. The summed E-state index contributed by atoms with van der Waals surface area (Å²) >= 11 is 0. The lowest BCUT2D eigenvalue weighted by molar-refractivity contribution is -0.101. The van der Waals surface area contributed by atoms with E-state index in [0.29, 0.717) is 0 Å². The molecule has 0 amide bonds. The predicted molar refractivity (Wildman–Crippen MR) is 59.1 cm³/mol. The van der Waals surface area contributed by atoms with Gasteiger partial charge in [-0.25, -0.2) is 0 Å². The summed E-state index contributed by atoms with van der Waals surface area (Å²) in [6.45, 7) is 6.55. The van der Waals surface area contributed by atoms with Crippen LogP contribution in [-0.2, 0) is 0 Å². The molecular formula is C13H24O. The molecule has 0 heterocycles. The van der Waals surface area contributed by atoms with Crippen LogP contribution in [0.3, 0.4) is 0 Å². The van der Waals surface area contributed by atoms with Crippen molar-refractivity contribution < 1.29 is 5.11 Å². The van der Waals surface area contributed by atoms with Gasteiger partial charge in [-0.05, 0) is 49.4 Å². The molecule has 0 aromatic heterocycles. The van der Waals surface area contributed by atoms with Crippen LogP contribution < -0.4 is 0 Å². The van der Waals surface area contributed by atoms with Gasteiger partial charge in [-0.2, -0.15) is 0 Å². The van der Waals surface area contributed by atoms with Crippen LogP contribution in [0.15, 0.2) is 0 Å². The lowest BCUT2D eigenvalue weighted by atomic mass is 9.64. The number of hydrogen-bond acceptors (Lipinski definition) is 1. The third-order valence-electron chi connectivity index (χ3n) is 4.45. The lowest BCUT2D eigenvalue weighted by Crippen LogP contribution is -2.46. The molecule has 2 aliphatic rings. The van der Waals surface area contributed by atoms with Crippen LogP contribution in [0.2, 0.25) is 0 Å². The van der Waals surface area contributed by atoms with Gasteiger partial charge in [0, 0.05) is 0 Å². The van der Waals surface area contributed by atoms with Gasteiger partial charge in [-0.3, -0.25) is 0 Å². The maximum atomic E-state index is 10.7. The molecule has 2 saturated carbocycles. The summed E-state index contributed by atoms with van der Waals surface area (Å²) in [5, 5.41) is 10.7. The van der Waals surface area contributed by atoms with Gasteiger partial charge in [0.25, 0.3) is 0 Å². The van der Waals surface area contributed by atoms with Crippen molar-refractivity contribution in [3.05, 3.63) is 0 Å². The summed E-state index contributed by atoms with van der Waals surface area (Å²) in [6.07, 6.45) is 7.51. The van der Waals surface area contributed by atoms with Gasteiger partial charge in [-0.1, -0.05) is 27.2 Å². The van der Waals surface area contributed by atoms with E-state index in [-0.39, 0.29) is 5.41 Å². The van der Waals surface area contributed by atoms with Crippen LogP contribution in [0.1, 0.15) is 59.3 Å². The molecular weight excluding hydrogens is 172 g/mol. The van der Waals surface area contributed by atoms with Gasteiger partial charge < -0.3 is 5.11 Å². The molecule has 2 aliphatic carbocycles. The summed E-state index contributed by atoms with van der Waals surface area (Å²) in [6, 6.07) is 0. The summed E-state index contributed by atoms with van der Waals surface area (Å²) in [5.41, 5.74) is -0.334. The van der Waals surface area contributed by atoms with Crippen LogP contribution in [0.4, 0.5) is 0 Å². The molecule has 14 heavy (non-hydrogen) atoms. The van der Waals surface area contributed by atoms with Crippen molar-refractivity contribution in [3.63, 3.8) is 0 Å². The van der Waals surface area contributed by atoms with Gasteiger partial charge >= 0.3 is 0 Å². The molecule has 1 heteroatoms. The van der Waals surface area contributed by atoms with Crippen molar-refractivity contribution >= 4 is 0 Å². The van der Waals surface area contributed by atoms with Crippen molar-refractivity contribution in [1.82, 2.24) is 0 Å². The molecule has 0 bridgehead atoms. The summed E-state index contributed by atoms with van der Waals surface area (Å²) < 4.78 is 0. The van der Waals surface area contributed by atoms with Crippen molar-refractivity contribution in [1.29, 1.82) is 0 Å². The van der Waals surface area contributed by atoms with E-state index in [1.54, 1.807) is 0 Å². The van der Waals surface area contributed by atoms with Gasteiger partial charge in [0.05, 0.1) is 5.60 Å². The molecule has 2 rings (SSSR count). The van der Waals surface area contributed by atoms with E-state index in [9.17, 15) is 5.11 Å². The van der Waals surface area contributed by atoms with Gasteiger partial charge in [0.15, 0.2) is 0 Å². The van der Waals surface area contributed by atoms with E-state index in [1.807, 2.05) is 0 Å². The van der Waals surface area contributed by atoms with Gasteiger partial charge in [0.2, 0.25) is 0 Å². The Kier molecular flexibility index (Phi) is 2.42. The highest BCUT2D eigenvalue weighted by Crippen LogP contribution is 2.50. The van der Waals surface area contributed by atoms with Crippen LogP contribution in [0, 0.1) is 17.3 Å². The highest BCUT2D eigenvalue weighted by molar-refractivity contribution is 4.98. The van der Waals surface area contributed by atoms with E-state index >= 15 is 0 Å². The molecule has 1 N–H and O–H groups in total. The van der Waals surface area contributed by atoms with E-state index in [0.717, 1.165) is 24.7 Å². The predicted octanol–water partition coefficient (Wildman–Crippen LogP) is 3.36. The van der Waals surface area contributed by atoms with Crippen molar-refractivity contribution in [3.8, 4) is 0 Å². The Bertz CT molecular complexity index is 212. The zero-order valence-corrected chi connectivity index (χ0v) is 9.84. The quantitative estimate of drug-likeness (QED) is 0.682. The molecule has 0 radical (unpaired) electrons. The molecule has 1 nitrogen and oxygen atoms in total. The number of hydrogen-bond donors (Lipinski definition) is 1. The zero-order chi connectivity index (χ0) is 10.4. The molecule has 2 atom stereocenters. The first-order chi connectivity index (χ1) is 6.42. The smallest absolute Gasteiger partial charge is 0.0698 e. The Balaban J connectivity index is 2.04. The molecule has 0 saturated heterocycles. The van der Waals surface area contributed by atoms with Crippen LogP contribution in [0.25, 0.3) is 0 Å². The van der Waals surface area contributed by atoms with E-state index in [1.165, 1.54) is 25.7 Å². The normalized spacial score (nSPS) is 39.9. The van der Waals surface area contributed by atoms with Crippen molar-refractivity contribution in [2.75, 3.05) is 0 Å². The molecule has 2 unspecified atom stereocenters. The maximum absolute atomic E-state index is 10.7. The highest BCUT2D eigenvalue weighted by Gasteiger charge is 2.46. The standard InChI is InChI=1S/C13H24O/c1-12(2,3)13(14)8-4-5-11(9-13)10-6-7-10/h10-11,14H,4-9H2,1-3H3. The van der Waals surface area contributed by atoms with Crippen LogP contribution in [-0.4, -0.2) is 10.7 Å². The molecule has 0 spiro atoms. The van der Waals surface area contributed by atoms with Crippen molar-refractivity contribution in [2.24, 2.45) is 17.3 Å². The topological polar surface area (TPSA) is 20.2 Å². The monoisotopic (exact) mass is 196 g/mol. The number of aliphatic hydroxyl groups is 1. The summed E-state index contributed by atoms with van der Waals surface area (Å²) in [7, 11) is 0. The molecule has 2 fully saturated rings. The fraction of sp³-hybridized carbons (Fsp3) is 1.00. The molecule has 82 valence electrons. The largest absolute Gasteiger partial charge is 0.389 e. The van der Waals surface area contributed by atoms with Crippen molar-refractivity contribution in [2.45, 2.75) is 64.9 Å². The average Bonchev–Trinajstić information content (AvgIpc) is 2.84. The van der Waals surface area contributed by atoms with E-state index < -0.39 is 5.60 Å². The Morgan fingerprint density at radius 3 is 2.21 bits per heavy atom. The first-order valence-corrected chi connectivity index (χ1v) is 6.15. The minimum Gasteiger partial charge on any atom is -0.389 e. The Labute approximate surface area is 87.9 Å². The first-order valence-electron chi connectivity index (χ1n) is 6.15. The van der Waals surface area contributed by atoms with E-state index in [4.69, 9.17) is 0 Å². The second-order valence-corrected chi connectivity index (χ2v) is 6.48. The van der Waals surface area contributed by atoms with Gasteiger partial charge in [0.1, 0.15) is 0 Å². The number of rotatable bonds is 1. The fourth-order valence-electron chi connectivity index (χ4n) is 2.95. The zero-order valence-electron chi connectivity index (χ0n) is 9.84. The van der Waals surface area contributed by atoms with Crippen LogP contribution in [0.5, 0.6) is 0 Å². The Morgan fingerprint density at radius 2 is 1.71 bits per heavy atom. The third kappa shape index (κ3) is 1.84. The highest BCUT2D eigenvalue weighted by atomic mass is 16.3. The fourth-order valence-corrected chi connectivity index (χ4v) is 2.95. The van der Waals surface area contributed by atoms with Crippen LogP contribution >= 0.6 is 0 Å². The second-order valence-electron chi connectivity index (χ2n) is 6.48. The van der Waals surface area contributed by atoms with E-state index in [2.05, 4.69) is 20.8 Å². The molecule has 0 aromatic rings. The molecule has 0 aliphatic heterocycles. The minimum absolute atomic E-state index is 0.0561. The Hall–Kier alpha value is -0.0400.